The Bertz CT molecular complexity index is 507. The highest BCUT2D eigenvalue weighted by Crippen LogP contribution is 2.41. The van der Waals surface area contributed by atoms with Crippen LogP contribution in [0, 0.1) is 4.77 Å². The lowest BCUT2D eigenvalue weighted by atomic mass is 9.99. The summed E-state index contributed by atoms with van der Waals surface area (Å²) in [6, 6.07) is 1.45. The van der Waals surface area contributed by atoms with Gasteiger partial charge in [0.2, 0.25) is 4.77 Å². The summed E-state index contributed by atoms with van der Waals surface area (Å²) in [6.45, 7) is 0.711. The first-order chi connectivity index (χ1) is 8.37. The number of alkyl halides is 1. The maximum absolute atomic E-state index is 14.5. The van der Waals surface area contributed by atoms with E-state index >= 15 is 0 Å². The Balaban J connectivity index is 2.42. The zero-order valence-corrected chi connectivity index (χ0v) is 10.5. The first kappa shape index (κ1) is 13.3. The van der Waals surface area contributed by atoms with Crippen LogP contribution in [-0.2, 0) is 4.74 Å². The van der Waals surface area contributed by atoms with Crippen molar-refractivity contribution in [2.45, 2.75) is 31.0 Å². The van der Waals surface area contributed by atoms with E-state index in [1.807, 2.05) is 0 Å². The van der Waals surface area contributed by atoms with E-state index in [-0.39, 0.29) is 10.6 Å². The third-order valence-corrected chi connectivity index (χ3v) is 3.30. The van der Waals surface area contributed by atoms with Crippen LogP contribution in [0.4, 0.5) is 10.2 Å². The van der Waals surface area contributed by atoms with Crippen LogP contribution in [0.3, 0.4) is 0 Å². The summed E-state index contributed by atoms with van der Waals surface area (Å²) in [5, 5.41) is 18.8. The lowest BCUT2D eigenvalue weighted by molar-refractivity contribution is -0.0600. The molecule has 1 aliphatic rings. The Hall–Kier alpha value is -1.09. The zero-order valence-electron chi connectivity index (χ0n) is 9.65. The number of rotatable bonds is 2. The van der Waals surface area contributed by atoms with Gasteiger partial charge in [-0.2, -0.15) is 0 Å². The van der Waals surface area contributed by atoms with Gasteiger partial charge in [-0.1, -0.05) is 0 Å². The summed E-state index contributed by atoms with van der Waals surface area (Å²) in [4.78, 5) is 3.82. The van der Waals surface area contributed by atoms with E-state index in [1.54, 1.807) is 0 Å². The lowest BCUT2D eigenvalue weighted by Gasteiger charge is -2.25. The number of nitrogen functional groups attached to an aromatic ring is 1. The maximum Gasteiger partial charge on any atom is 0.203 e. The summed E-state index contributed by atoms with van der Waals surface area (Å²) in [5.74, 6) is 0.217. The van der Waals surface area contributed by atoms with E-state index in [1.165, 1.54) is 23.8 Å². The fraction of sp³-hybridized carbons (Fsp3) is 0.600. The van der Waals surface area contributed by atoms with Gasteiger partial charge < -0.3 is 20.7 Å². The quantitative estimate of drug-likeness (QED) is 0.666. The molecule has 0 amide bonds. The van der Waals surface area contributed by atoms with E-state index in [0.29, 0.717) is 0 Å². The topological polar surface area (TPSA) is 93.5 Å². The standard InChI is InChI=1S/C10H14FN3O3S/c1-10(11)7(16)5(4-15)17-8(10)14-3-2-6(12)13-9(14)18/h2-3,5,7-8,15-16H,4H2,1H3,(H2,12,13,18). The van der Waals surface area contributed by atoms with E-state index in [4.69, 9.17) is 27.8 Å². The highest BCUT2D eigenvalue weighted by molar-refractivity contribution is 7.71. The van der Waals surface area contributed by atoms with Gasteiger partial charge in [0.05, 0.1) is 6.61 Å². The molecule has 4 N–H and O–H groups in total. The summed E-state index contributed by atoms with van der Waals surface area (Å²) < 4.78 is 21.1. The Morgan fingerprint density at radius 3 is 2.89 bits per heavy atom. The number of aliphatic hydroxyl groups excluding tert-OH is 2. The van der Waals surface area contributed by atoms with Crippen LogP contribution in [0.25, 0.3) is 0 Å². The molecule has 18 heavy (non-hydrogen) atoms. The van der Waals surface area contributed by atoms with Gasteiger partial charge in [0, 0.05) is 6.20 Å². The molecule has 2 heterocycles. The number of halogens is 1. The maximum atomic E-state index is 14.5. The molecule has 1 aromatic heterocycles. The van der Waals surface area contributed by atoms with Crippen LogP contribution in [0.2, 0.25) is 0 Å². The number of nitrogens with zero attached hydrogens (tertiary/aromatic N) is 2. The number of ether oxygens (including phenoxy) is 1. The van der Waals surface area contributed by atoms with Gasteiger partial charge in [-0.15, -0.1) is 0 Å². The van der Waals surface area contributed by atoms with Gasteiger partial charge >= 0.3 is 0 Å². The molecule has 4 atom stereocenters. The molecule has 0 saturated carbocycles. The van der Waals surface area contributed by atoms with Gasteiger partial charge in [0.15, 0.2) is 11.9 Å². The molecule has 1 fully saturated rings. The van der Waals surface area contributed by atoms with Gasteiger partial charge in [-0.3, -0.25) is 4.57 Å². The summed E-state index contributed by atoms with van der Waals surface area (Å²) >= 11 is 4.97. The first-order valence-electron chi connectivity index (χ1n) is 5.36. The van der Waals surface area contributed by atoms with Crippen molar-refractivity contribution in [3.05, 3.63) is 17.0 Å². The largest absolute Gasteiger partial charge is 0.394 e. The number of nitrogens with two attached hydrogens (primary N) is 1. The Labute approximate surface area is 108 Å². The van der Waals surface area contributed by atoms with Crippen LogP contribution in [0.1, 0.15) is 13.2 Å². The molecule has 4 unspecified atom stereocenters. The Morgan fingerprint density at radius 1 is 1.72 bits per heavy atom. The number of anilines is 1. The summed E-state index contributed by atoms with van der Waals surface area (Å²) in [7, 11) is 0. The van der Waals surface area contributed by atoms with Crippen LogP contribution in [0.5, 0.6) is 0 Å². The molecule has 1 aliphatic heterocycles. The van der Waals surface area contributed by atoms with E-state index < -0.39 is 30.7 Å². The second-order valence-electron chi connectivity index (χ2n) is 4.35. The molecule has 1 saturated heterocycles. The molecular formula is C10H14FN3O3S. The first-order valence-corrected chi connectivity index (χ1v) is 5.76. The van der Waals surface area contributed by atoms with Crippen molar-refractivity contribution >= 4 is 18.0 Å². The predicted octanol–water partition coefficient (Wildman–Crippen LogP) is 0.174. The minimum atomic E-state index is -2.08. The third kappa shape index (κ3) is 2.01. The lowest BCUT2D eigenvalue weighted by Crippen LogP contribution is -2.40. The van der Waals surface area contributed by atoms with Crippen LogP contribution < -0.4 is 5.73 Å². The molecule has 0 bridgehead atoms. The number of hydrogen-bond acceptors (Lipinski definition) is 6. The number of aliphatic hydroxyl groups is 2. The minimum absolute atomic E-state index is 0.0506. The molecule has 0 radical (unpaired) electrons. The van der Waals surface area contributed by atoms with Gasteiger partial charge in [0.1, 0.15) is 18.0 Å². The fourth-order valence-electron chi connectivity index (χ4n) is 1.97. The van der Waals surface area contributed by atoms with E-state index in [9.17, 15) is 9.50 Å². The second-order valence-corrected chi connectivity index (χ2v) is 4.71. The van der Waals surface area contributed by atoms with Gasteiger partial charge in [0.25, 0.3) is 0 Å². The molecule has 0 aromatic carbocycles. The molecule has 8 heteroatoms. The predicted molar refractivity (Wildman–Crippen MR) is 64.0 cm³/mol. The second kappa shape index (κ2) is 4.54. The molecule has 1 aromatic rings. The summed E-state index contributed by atoms with van der Waals surface area (Å²) in [5.41, 5.74) is 3.38. The van der Waals surface area contributed by atoms with Gasteiger partial charge in [-0.25, -0.2) is 9.37 Å². The molecular weight excluding hydrogens is 261 g/mol. The van der Waals surface area contributed by atoms with E-state index in [0.717, 1.165) is 0 Å². The highest BCUT2D eigenvalue weighted by atomic mass is 32.1. The van der Waals surface area contributed by atoms with Crippen molar-refractivity contribution in [1.29, 1.82) is 0 Å². The van der Waals surface area contributed by atoms with Crippen molar-refractivity contribution in [3.63, 3.8) is 0 Å². The average Bonchev–Trinajstić information content (AvgIpc) is 2.52. The van der Waals surface area contributed by atoms with Crippen LogP contribution in [-0.4, -0.2) is 44.2 Å². The number of hydrogen-bond donors (Lipinski definition) is 3. The van der Waals surface area contributed by atoms with Crippen LogP contribution >= 0.6 is 12.2 Å². The highest BCUT2D eigenvalue weighted by Gasteiger charge is 2.54. The smallest absolute Gasteiger partial charge is 0.203 e. The van der Waals surface area contributed by atoms with Crippen molar-refractivity contribution < 1.29 is 19.3 Å². The average molecular weight is 275 g/mol. The van der Waals surface area contributed by atoms with E-state index in [2.05, 4.69) is 4.98 Å². The van der Waals surface area contributed by atoms with Crippen molar-refractivity contribution in [2.75, 3.05) is 12.3 Å². The fourth-order valence-corrected chi connectivity index (χ4v) is 2.23. The minimum Gasteiger partial charge on any atom is -0.394 e. The van der Waals surface area contributed by atoms with Crippen molar-refractivity contribution in [3.8, 4) is 0 Å². The zero-order chi connectivity index (χ0) is 13.5. The monoisotopic (exact) mass is 275 g/mol. The molecule has 100 valence electrons. The third-order valence-electron chi connectivity index (χ3n) is 3.00. The van der Waals surface area contributed by atoms with Crippen LogP contribution in [0.15, 0.2) is 12.3 Å². The molecule has 0 aliphatic carbocycles. The molecule has 2 rings (SSSR count). The van der Waals surface area contributed by atoms with Crippen molar-refractivity contribution in [1.82, 2.24) is 9.55 Å². The molecule has 0 spiro atoms. The molecule has 6 nitrogen and oxygen atoms in total. The SMILES string of the molecule is CC1(F)C(O)C(CO)OC1n1ccc(N)nc1=S. The Morgan fingerprint density at radius 2 is 2.39 bits per heavy atom. The van der Waals surface area contributed by atoms with Crippen molar-refractivity contribution in [2.24, 2.45) is 0 Å². The Kier molecular flexibility index (Phi) is 3.37. The van der Waals surface area contributed by atoms with Gasteiger partial charge in [-0.05, 0) is 25.2 Å². The number of aromatic nitrogens is 2. The normalized spacial score (nSPS) is 35.9. The summed E-state index contributed by atoms with van der Waals surface area (Å²) in [6.07, 6.45) is -2.14.